The van der Waals surface area contributed by atoms with Crippen molar-refractivity contribution in [2.45, 2.75) is 95.6 Å². The number of nitrogens with zero attached hydrogens (tertiary/aromatic N) is 3. The Hall–Kier alpha value is -4.78. The summed E-state index contributed by atoms with van der Waals surface area (Å²) in [6.07, 6.45) is 0.603. The molecule has 0 fully saturated rings. The molecule has 0 saturated carbocycles. The quantitative estimate of drug-likeness (QED) is 0.0546. The first-order valence-electron chi connectivity index (χ1n) is 17.5. The number of benzene rings is 2. The molecule has 1 heterocycles. The molecular weight excluding hydrogens is 755 g/mol. The minimum absolute atomic E-state index is 0.0111. The Labute approximate surface area is 323 Å². The van der Waals surface area contributed by atoms with Gasteiger partial charge in [-0.1, -0.05) is 31.2 Å². The number of aryl methyl sites for hydroxylation is 1. The third kappa shape index (κ3) is 14.1. The van der Waals surface area contributed by atoms with Crippen molar-refractivity contribution in [3.63, 3.8) is 0 Å². The minimum atomic E-state index is -4.67. The number of hydroxylamine groups is 2. The maximum absolute atomic E-state index is 14.1. The molecule has 302 valence electrons. The van der Waals surface area contributed by atoms with Gasteiger partial charge in [-0.05, 0) is 90.8 Å². The molecule has 2 aromatic carbocycles. The highest BCUT2D eigenvalue weighted by atomic mass is 32.2. The van der Waals surface area contributed by atoms with E-state index in [-0.39, 0.29) is 54.7 Å². The highest BCUT2D eigenvalue weighted by molar-refractivity contribution is 7.91. The van der Waals surface area contributed by atoms with E-state index >= 15 is 0 Å². The van der Waals surface area contributed by atoms with Crippen LogP contribution in [0.25, 0.3) is 0 Å². The summed E-state index contributed by atoms with van der Waals surface area (Å²) in [6, 6.07) is 15.3. The molecule has 0 atom stereocenters. The molecule has 0 aliphatic rings. The van der Waals surface area contributed by atoms with Crippen LogP contribution in [0, 0.1) is 12.3 Å². The van der Waals surface area contributed by atoms with Crippen molar-refractivity contribution < 1.29 is 49.7 Å². The number of pyridine rings is 1. The molecule has 2 amide bonds. The van der Waals surface area contributed by atoms with Gasteiger partial charge >= 0.3 is 22.3 Å². The van der Waals surface area contributed by atoms with Gasteiger partial charge in [-0.3, -0.25) is 20.5 Å². The summed E-state index contributed by atoms with van der Waals surface area (Å²) >= 11 is 0. The smallest absolute Gasteiger partial charge is 0.442 e. The summed E-state index contributed by atoms with van der Waals surface area (Å²) < 4.78 is 78.5. The maximum atomic E-state index is 14.1. The number of ether oxygens (including phenoxy) is 3. The van der Waals surface area contributed by atoms with Crippen LogP contribution >= 0.6 is 0 Å². The number of rotatable bonds is 16. The number of sulfonamides is 1. The Bertz CT molecular complexity index is 2000. The van der Waals surface area contributed by atoms with E-state index < -0.39 is 54.4 Å². The lowest BCUT2D eigenvalue weighted by Gasteiger charge is -2.27. The van der Waals surface area contributed by atoms with Crippen molar-refractivity contribution in [1.82, 2.24) is 19.7 Å². The SMILES string of the molecule is CCCN(CCc1ccccn1)S(=O)(=O)c1c(C)cccc1S(=O)(=O)Oc1cccc(OCCCON(C(=N)NC(=O)OC(C)(C)C)C(=O)OC(C)(C)C)c1. The van der Waals surface area contributed by atoms with Crippen molar-refractivity contribution >= 4 is 38.3 Å². The van der Waals surface area contributed by atoms with Gasteiger partial charge in [0.2, 0.25) is 16.0 Å². The van der Waals surface area contributed by atoms with Crippen LogP contribution in [0.3, 0.4) is 0 Å². The zero-order valence-electron chi connectivity index (χ0n) is 32.4. The molecule has 0 aliphatic heterocycles. The van der Waals surface area contributed by atoms with Crippen molar-refractivity contribution in [2.24, 2.45) is 0 Å². The molecule has 0 spiro atoms. The Balaban J connectivity index is 1.70. The zero-order chi connectivity index (χ0) is 41.0. The van der Waals surface area contributed by atoms with E-state index in [9.17, 15) is 26.4 Å². The number of carbonyl (C=O) groups is 2. The monoisotopic (exact) mass is 805 g/mol. The normalized spacial score (nSPS) is 12.2. The van der Waals surface area contributed by atoms with Gasteiger partial charge < -0.3 is 18.4 Å². The minimum Gasteiger partial charge on any atom is -0.493 e. The fraction of sp³-hybridized carbons (Fsp3) is 0.459. The highest BCUT2D eigenvalue weighted by Gasteiger charge is 2.34. The molecule has 0 saturated heterocycles. The molecule has 0 aliphatic carbocycles. The van der Waals surface area contributed by atoms with E-state index in [0.717, 1.165) is 0 Å². The van der Waals surface area contributed by atoms with Crippen LogP contribution in [0.1, 0.15) is 72.6 Å². The first-order chi connectivity index (χ1) is 25.6. The van der Waals surface area contributed by atoms with Gasteiger partial charge in [-0.2, -0.15) is 12.7 Å². The van der Waals surface area contributed by atoms with E-state index in [1.165, 1.54) is 47.6 Å². The number of nitrogens with one attached hydrogen (secondary N) is 2. The number of carbonyl (C=O) groups excluding carboxylic acids is 2. The first kappa shape index (κ1) is 44.6. The second-order valence-corrected chi connectivity index (χ2v) is 17.6. The second-order valence-electron chi connectivity index (χ2n) is 14.2. The van der Waals surface area contributed by atoms with Crippen LogP contribution in [0.15, 0.2) is 76.7 Å². The Morgan fingerprint density at radius 3 is 2.16 bits per heavy atom. The molecule has 3 aromatic rings. The fourth-order valence-electron chi connectivity index (χ4n) is 4.82. The molecule has 1 aromatic heterocycles. The molecule has 0 unspecified atom stereocenters. The lowest BCUT2D eigenvalue weighted by molar-refractivity contribution is -0.104. The van der Waals surface area contributed by atoms with E-state index in [2.05, 4.69) is 10.3 Å². The third-order valence-corrected chi connectivity index (χ3v) is 10.6. The topological polar surface area (TPSA) is 204 Å². The van der Waals surface area contributed by atoms with Crippen LogP contribution in [-0.4, -0.2) is 86.8 Å². The molecule has 16 nitrogen and oxygen atoms in total. The van der Waals surface area contributed by atoms with Crippen LogP contribution in [-0.2, 0) is 40.9 Å². The number of hydrogen-bond acceptors (Lipinski definition) is 13. The first-order valence-corrected chi connectivity index (χ1v) is 20.4. The van der Waals surface area contributed by atoms with Gasteiger partial charge in [0, 0.05) is 43.9 Å². The summed E-state index contributed by atoms with van der Waals surface area (Å²) in [5.74, 6) is -0.642. The number of amides is 2. The third-order valence-electron chi connectivity index (χ3n) is 7.03. The lowest BCUT2D eigenvalue weighted by Crippen LogP contribution is -2.49. The van der Waals surface area contributed by atoms with E-state index in [0.29, 0.717) is 23.6 Å². The van der Waals surface area contributed by atoms with Crippen LogP contribution in [0.5, 0.6) is 11.5 Å². The van der Waals surface area contributed by atoms with Crippen LogP contribution < -0.4 is 14.2 Å². The Morgan fingerprint density at radius 1 is 0.855 bits per heavy atom. The van der Waals surface area contributed by atoms with Gasteiger partial charge in [0.05, 0.1) is 13.2 Å². The number of aromatic nitrogens is 1. The average molecular weight is 806 g/mol. The van der Waals surface area contributed by atoms with Crippen molar-refractivity contribution in [3.8, 4) is 11.5 Å². The van der Waals surface area contributed by atoms with Crippen molar-refractivity contribution in [1.29, 1.82) is 5.41 Å². The van der Waals surface area contributed by atoms with Crippen molar-refractivity contribution in [3.05, 3.63) is 78.1 Å². The van der Waals surface area contributed by atoms with E-state index in [4.69, 9.17) is 28.6 Å². The number of alkyl carbamates (subject to hydrolysis) is 1. The van der Waals surface area contributed by atoms with E-state index in [1.807, 2.05) is 13.0 Å². The number of hydrogen-bond donors (Lipinski definition) is 2. The summed E-state index contributed by atoms with van der Waals surface area (Å²) in [4.78, 5) is 33.8. The number of guanidine groups is 1. The Morgan fingerprint density at radius 2 is 1.53 bits per heavy atom. The van der Waals surface area contributed by atoms with Gasteiger partial charge in [0.25, 0.3) is 0 Å². The molecule has 18 heteroatoms. The molecule has 55 heavy (non-hydrogen) atoms. The van der Waals surface area contributed by atoms with Crippen molar-refractivity contribution in [2.75, 3.05) is 26.3 Å². The average Bonchev–Trinajstić information content (AvgIpc) is 3.06. The summed E-state index contributed by atoms with van der Waals surface area (Å²) in [7, 11) is -8.97. The molecule has 0 bridgehead atoms. The lowest BCUT2D eigenvalue weighted by atomic mass is 10.2. The van der Waals surface area contributed by atoms with Gasteiger partial charge in [0.1, 0.15) is 32.5 Å². The highest BCUT2D eigenvalue weighted by Crippen LogP contribution is 2.31. The zero-order valence-corrected chi connectivity index (χ0v) is 34.1. The molecule has 3 rings (SSSR count). The van der Waals surface area contributed by atoms with Gasteiger partial charge in [-0.25, -0.2) is 18.0 Å². The predicted molar refractivity (Wildman–Crippen MR) is 204 cm³/mol. The summed E-state index contributed by atoms with van der Waals surface area (Å²) in [6.45, 7) is 13.3. The summed E-state index contributed by atoms with van der Waals surface area (Å²) in [5.41, 5.74) is -0.846. The molecular formula is C37H51N5O11S2. The standard InChI is InChI=1S/C37H51N5O11S2/c1-9-22-41(23-20-28-16-10-11-21-39-28)54(45,46)32-27(2)15-12-19-31(32)55(47,48)53-30-18-13-17-29(26-30)49-24-14-25-50-42(35(44)52-37(6,7)8)33(38)40-34(43)51-36(3,4)5/h10-13,15-19,21,26H,9,14,20,22-25H2,1-8H3,(H2,38,40,43). The van der Waals surface area contributed by atoms with E-state index in [1.54, 1.807) is 65.9 Å². The molecule has 2 N–H and O–H groups in total. The predicted octanol–water partition coefficient (Wildman–Crippen LogP) is 6.20. The van der Waals surface area contributed by atoms with Gasteiger partial charge in [-0.15, -0.1) is 5.06 Å². The van der Waals surface area contributed by atoms with Crippen LogP contribution in [0.4, 0.5) is 9.59 Å². The molecule has 0 radical (unpaired) electrons. The second kappa shape index (κ2) is 19.2. The van der Waals surface area contributed by atoms with Gasteiger partial charge in [0.15, 0.2) is 0 Å². The van der Waals surface area contributed by atoms with Crippen LogP contribution in [0.2, 0.25) is 0 Å². The maximum Gasteiger partial charge on any atom is 0.442 e. The summed E-state index contributed by atoms with van der Waals surface area (Å²) in [5, 5.41) is 10.8. The Kier molecular flexibility index (Phi) is 15.6. The fourth-order valence-corrected chi connectivity index (χ4v) is 8.34. The largest absolute Gasteiger partial charge is 0.493 e.